The molecule has 0 saturated carbocycles. The van der Waals surface area contributed by atoms with Gasteiger partial charge in [-0.1, -0.05) is 0 Å². The highest BCUT2D eigenvalue weighted by atomic mass is 32.1. The van der Waals surface area contributed by atoms with Gasteiger partial charge in [-0.2, -0.15) is 13.2 Å². The molecule has 0 unspecified atom stereocenters. The minimum absolute atomic E-state index is 0.0592. The van der Waals surface area contributed by atoms with Gasteiger partial charge in [0.15, 0.2) is 10.8 Å². The summed E-state index contributed by atoms with van der Waals surface area (Å²) in [5.74, 6) is 0. The molecule has 0 fully saturated rings. The Hall–Kier alpha value is -0.780. The van der Waals surface area contributed by atoms with Crippen molar-refractivity contribution >= 4 is 16.5 Å². The van der Waals surface area contributed by atoms with Crippen molar-refractivity contribution in [3.05, 3.63) is 17.5 Å². The van der Waals surface area contributed by atoms with Crippen LogP contribution in [0.5, 0.6) is 0 Å². The summed E-state index contributed by atoms with van der Waals surface area (Å²) in [6, 6.07) is 0. The Kier molecular flexibility index (Phi) is 2.27. The van der Waals surface area contributed by atoms with Crippen molar-refractivity contribution in [2.24, 2.45) is 0 Å². The van der Waals surface area contributed by atoms with E-state index in [-0.39, 0.29) is 16.4 Å². The fourth-order valence-corrected chi connectivity index (χ4v) is 1.51. The SMILES string of the molecule is [CH2]Cc1sc(N)nc1C(F)(F)F. The van der Waals surface area contributed by atoms with Gasteiger partial charge >= 0.3 is 6.18 Å². The lowest BCUT2D eigenvalue weighted by molar-refractivity contribution is -0.141. The third kappa shape index (κ3) is 1.69. The van der Waals surface area contributed by atoms with Crippen molar-refractivity contribution < 1.29 is 13.2 Å². The average molecular weight is 195 g/mol. The second kappa shape index (κ2) is 2.93. The second-order valence-electron chi connectivity index (χ2n) is 2.07. The van der Waals surface area contributed by atoms with Crippen LogP contribution in [0.3, 0.4) is 0 Å². The molecule has 0 amide bonds. The average Bonchev–Trinajstić information content (AvgIpc) is 2.29. The number of hydrogen-bond acceptors (Lipinski definition) is 3. The Balaban J connectivity index is 3.13. The van der Waals surface area contributed by atoms with E-state index < -0.39 is 11.9 Å². The quantitative estimate of drug-likeness (QED) is 0.745. The van der Waals surface area contributed by atoms with Crippen LogP contribution in [0, 0.1) is 6.92 Å². The summed E-state index contributed by atoms with van der Waals surface area (Å²) >= 11 is 0.825. The predicted octanol–water partition coefficient (Wildman–Crippen LogP) is 2.12. The van der Waals surface area contributed by atoms with Gasteiger partial charge in [-0.05, 0) is 13.3 Å². The molecule has 0 aliphatic heterocycles. The van der Waals surface area contributed by atoms with Gasteiger partial charge in [0.2, 0.25) is 0 Å². The van der Waals surface area contributed by atoms with Gasteiger partial charge < -0.3 is 5.73 Å². The topological polar surface area (TPSA) is 38.9 Å². The van der Waals surface area contributed by atoms with E-state index in [1.807, 2.05) is 0 Å². The molecule has 0 aliphatic carbocycles. The molecule has 1 heterocycles. The molecule has 6 heteroatoms. The van der Waals surface area contributed by atoms with E-state index in [2.05, 4.69) is 11.9 Å². The lowest BCUT2D eigenvalue weighted by Gasteiger charge is -2.03. The van der Waals surface area contributed by atoms with E-state index in [1.165, 1.54) is 0 Å². The van der Waals surface area contributed by atoms with Crippen molar-refractivity contribution in [1.29, 1.82) is 0 Å². The predicted molar refractivity (Wildman–Crippen MR) is 40.6 cm³/mol. The Morgan fingerprint density at radius 1 is 1.50 bits per heavy atom. The first kappa shape index (κ1) is 9.31. The smallest absolute Gasteiger partial charge is 0.375 e. The molecule has 1 radical (unpaired) electrons. The first-order valence-corrected chi connectivity index (χ1v) is 3.88. The van der Waals surface area contributed by atoms with Crippen molar-refractivity contribution in [2.75, 3.05) is 5.73 Å². The highest BCUT2D eigenvalue weighted by molar-refractivity contribution is 7.15. The van der Waals surface area contributed by atoms with Crippen LogP contribution >= 0.6 is 11.3 Å². The summed E-state index contributed by atoms with van der Waals surface area (Å²) in [5.41, 5.74) is 4.23. The van der Waals surface area contributed by atoms with E-state index in [0.29, 0.717) is 0 Å². The summed E-state index contributed by atoms with van der Waals surface area (Å²) in [5, 5.41) is -0.0685. The number of thiazole rings is 1. The molecule has 0 aliphatic rings. The summed E-state index contributed by atoms with van der Waals surface area (Å²) < 4.78 is 36.3. The van der Waals surface area contributed by atoms with E-state index in [9.17, 15) is 13.2 Å². The van der Waals surface area contributed by atoms with Gasteiger partial charge in [-0.25, -0.2) is 4.98 Å². The molecule has 0 spiro atoms. The van der Waals surface area contributed by atoms with Crippen LogP contribution in [-0.2, 0) is 12.6 Å². The third-order valence-corrected chi connectivity index (χ3v) is 2.15. The third-order valence-electron chi connectivity index (χ3n) is 1.21. The molecule has 12 heavy (non-hydrogen) atoms. The molecule has 1 aromatic heterocycles. The van der Waals surface area contributed by atoms with Crippen LogP contribution in [0.25, 0.3) is 0 Å². The minimum Gasteiger partial charge on any atom is -0.375 e. The monoisotopic (exact) mass is 195 g/mol. The zero-order chi connectivity index (χ0) is 9.35. The van der Waals surface area contributed by atoms with Crippen LogP contribution < -0.4 is 5.73 Å². The van der Waals surface area contributed by atoms with Crippen LogP contribution in [0.15, 0.2) is 0 Å². The van der Waals surface area contributed by atoms with Crippen molar-refractivity contribution in [2.45, 2.75) is 12.6 Å². The summed E-state index contributed by atoms with van der Waals surface area (Å²) in [4.78, 5) is 3.27. The molecule has 2 nitrogen and oxygen atoms in total. The molecule has 2 N–H and O–H groups in total. The van der Waals surface area contributed by atoms with E-state index in [1.54, 1.807) is 0 Å². The van der Waals surface area contributed by atoms with Crippen LogP contribution in [-0.4, -0.2) is 4.98 Å². The van der Waals surface area contributed by atoms with Crippen molar-refractivity contribution in [3.63, 3.8) is 0 Å². The van der Waals surface area contributed by atoms with Gasteiger partial charge in [0.25, 0.3) is 0 Å². The molecule has 1 aromatic rings. The van der Waals surface area contributed by atoms with Gasteiger partial charge in [-0.15, -0.1) is 11.3 Å². The Labute approximate surface area is 71.2 Å². The lowest BCUT2D eigenvalue weighted by Crippen LogP contribution is -2.08. The number of anilines is 1. The standard InChI is InChI=1S/C6H6F3N2S/c1-2-3-4(6(7,8)9)11-5(10)12-3/h1-2H2,(H2,10,11). The first-order chi connectivity index (χ1) is 5.45. The lowest BCUT2D eigenvalue weighted by atomic mass is 10.3. The molecular formula is C6H6F3N2S. The van der Waals surface area contributed by atoms with E-state index in [4.69, 9.17) is 5.73 Å². The zero-order valence-electron chi connectivity index (χ0n) is 5.98. The Bertz CT molecular complexity index is 279. The number of nitrogens with zero attached hydrogens (tertiary/aromatic N) is 1. The molecule has 0 saturated heterocycles. The second-order valence-corrected chi connectivity index (χ2v) is 3.19. The molecule has 67 valence electrons. The normalized spacial score (nSPS) is 12.0. The number of aromatic nitrogens is 1. The van der Waals surface area contributed by atoms with Crippen LogP contribution in [0.2, 0.25) is 0 Å². The van der Waals surface area contributed by atoms with Gasteiger partial charge in [0, 0.05) is 4.88 Å². The zero-order valence-corrected chi connectivity index (χ0v) is 6.80. The fraction of sp³-hybridized carbons (Fsp3) is 0.333. The van der Waals surface area contributed by atoms with Gasteiger partial charge in [-0.3, -0.25) is 0 Å². The number of nitrogen functional groups attached to an aromatic ring is 1. The number of halogens is 3. The summed E-state index contributed by atoms with van der Waals surface area (Å²) in [7, 11) is 0. The van der Waals surface area contributed by atoms with Crippen molar-refractivity contribution in [1.82, 2.24) is 4.98 Å². The maximum atomic E-state index is 12.1. The Morgan fingerprint density at radius 2 is 2.08 bits per heavy atom. The highest BCUT2D eigenvalue weighted by Gasteiger charge is 2.36. The first-order valence-electron chi connectivity index (χ1n) is 3.06. The van der Waals surface area contributed by atoms with E-state index >= 15 is 0 Å². The molecule has 0 atom stereocenters. The summed E-state index contributed by atoms with van der Waals surface area (Å²) in [6.45, 7) is 3.36. The van der Waals surface area contributed by atoms with E-state index in [0.717, 1.165) is 11.3 Å². The fourth-order valence-electron chi connectivity index (χ4n) is 0.761. The van der Waals surface area contributed by atoms with Crippen LogP contribution in [0.4, 0.5) is 18.3 Å². The van der Waals surface area contributed by atoms with Crippen LogP contribution in [0.1, 0.15) is 10.6 Å². The number of hydrogen-bond donors (Lipinski definition) is 1. The number of alkyl halides is 3. The molecular weight excluding hydrogens is 189 g/mol. The molecule has 0 bridgehead atoms. The van der Waals surface area contributed by atoms with Gasteiger partial charge in [0.05, 0.1) is 0 Å². The Morgan fingerprint density at radius 3 is 2.42 bits per heavy atom. The van der Waals surface area contributed by atoms with Crippen molar-refractivity contribution in [3.8, 4) is 0 Å². The summed E-state index contributed by atoms with van der Waals surface area (Å²) in [6.07, 6.45) is -4.36. The van der Waals surface area contributed by atoms with Gasteiger partial charge in [0.1, 0.15) is 0 Å². The largest absolute Gasteiger partial charge is 0.434 e. The number of nitrogens with two attached hydrogens (primary N) is 1. The molecule has 0 aromatic carbocycles. The highest BCUT2D eigenvalue weighted by Crippen LogP contribution is 2.35. The number of rotatable bonds is 1. The maximum Gasteiger partial charge on any atom is 0.434 e. The molecule has 1 rings (SSSR count). The minimum atomic E-state index is -4.42. The maximum absolute atomic E-state index is 12.1.